The first-order valence-corrected chi connectivity index (χ1v) is 7.71. The third-order valence-corrected chi connectivity index (χ3v) is 4.70. The van der Waals surface area contributed by atoms with E-state index in [0.717, 1.165) is 19.3 Å². The molecule has 2 rings (SSSR count). The van der Waals surface area contributed by atoms with Gasteiger partial charge in [-0.2, -0.15) is 26.3 Å². The number of rotatable bonds is 3. The van der Waals surface area contributed by atoms with Crippen LogP contribution in [0.3, 0.4) is 0 Å². The monoisotopic (exact) mass is 334 g/mol. The molecule has 7 heteroatoms. The minimum Gasteiger partial charge on any atom is -0.361 e. The first kappa shape index (κ1) is 19.6. The van der Waals surface area contributed by atoms with Gasteiger partial charge in [-0.1, -0.05) is 26.7 Å². The zero-order valence-corrected chi connectivity index (χ0v) is 13.2. The SMILES string of the molecule is CCC.COC(CC1CC2CCC1C2)(C(F)(F)F)C(F)(F)F. The molecule has 2 saturated carbocycles. The van der Waals surface area contributed by atoms with Crippen molar-refractivity contribution in [3.8, 4) is 0 Å². The van der Waals surface area contributed by atoms with Crippen molar-refractivity contribution in [2.45, 2.75) is 70.3 Å². The van der Waals surface area contributed by atoms with Crippen LogP contribution in [0.15, 0.2) is 0 Å². The van der Waals surface area contributed by atoms with Gasteiger partial charge in [0.2, 0.25) is 0 Å². The molecule has 0 N–H and O–H groups in total. The van der Waals surface area contributed by atoms with Gasteiger partial charge < -0.3 is 4.74 Å². The van der Waals surface area contributed by atoms with Gasteiger partial charge in [-0.05, 0) is 43.4 Å². The Bertz CT molecular complexity index is 335. The molecule has 0 radical (unpaired) electrons. The normalized spacial score (nSPS) is 28.5. The van der Waals surface area contributed by atoms with E-state index in [1.54, 1.807) is 0 Å². The van der Waals surface area contributed by atoms with Crippen molar-refractivity contribution in [1.82, 2.24) is 0 Å². The van der Waals surface area contributed by atoms with Crippen molar-refractivity contribution in [3.63, 3.8) is 0 Å². The lowest BCUT2D eigenvalue weighted by Gasteiger charge is -2.39. The molecular weight excluding hydrogens is 310 g/mol. The Hall–Kier alpha value is -0.460. The summed E-state index contributed by atoms with van der Waals surface area (Å²) in [5, 5.41) is 0. The van der Waals surface area contributed by atoms with Gasteiger partial charge in [0, 0.05) is 7.11 Å². The van der Waals surface area contributed by atoms with Gasteiger partial charge in [0.25, 0.3) is 5.60 Å². The highest BCUT2D eigenvalue weighted by Gasteiger charge is 2.72. The number of alkyl halides is 6. The zero-order valence-electron chi connectivity index (χ0n) is 13.2. The molecule has 0 amide bonds. The van der Waals surface area contributed by atoms with Crippen molar-refractivity contribution >= 4 is 0 Å². The van der Waals surface area contributed by atoms with Crippen LogP contribution >= 0.6 is 0 Å². The predicted octanol–water partition coefficient (Wildman–Crippen LogP) is 5.74. The largest absolute Gasteiger partial charge is 0.426 e. The van der Waals surface area contributed by atoms with Crippen LogP contribution in [-0.4, -0.2) is 25.1 Å². The molecule has 1 nitrogen and oxygen atoms in total. The molecule has 0 aromatic rings. The van der Waals surface area contributed by atoms with Crippen LogP contribution in [0.2, 0.25) is 0 Å². The quantitative estimate of drug-likeness (QED) is 0.598. The highest BCUT2D eigenvalue weighted by molar-refractivity contribution is 5.01. The molecule has 0 aromatic heterocycles. The van der Waals surface area contributed by atoms with Gasteiger partial charge in [0.15, 0.2) is 0 Å². The van der Waals surface area contributed by atoms with Crippen LogP contribution < -0.4 is 0 Å². The Balaban J connectivity index is 0.000000745. The van der Waals surface area contributed by atoms with Crippen LogP contribution in [0, 0.1) is 17.8 Å². The molecule has 2 fully saturated rings. The lowest BCUT2D eigenvalue weighted by molar-refractivity contribution is -0.380. The summed E-state index contributed by atoms with van der Waals surface area (Å²) in [5.41, 5.74) is -4.02. The van der Waals surface area contributed by atoms with Crippen molar-refractivity contribution in [2.75, 3.05) is 7.11 Å². The predicted molar refractivity (Wildman–Crippen MR) is 71.4 cm³/mol. The highest BCUT2D eigenvalue weighted by atomic mass is 19.4. The van der Waals surface area contributed by atoms with Crippen molar-refractivity contribution in [1.29, 1.82) is 0 Å². The fourth-order valence-electron chi connectivity index (χ4n) is 3.70. The van der Waals surface area contributed by atoms with E-state index in [9.17, 15) is 26.3 Å². The van der Waals surface area contributed by atoms with Gasteiger partial charge >= 0.3 is 12.4 Å². The summed E-state index contributed by atoms with van der Waals surface area (Å²) in [5.74, 6) is -0.253. The van der Waals surface area contributed by atoms with Crippen LogP contribution in [0.5, 0.6) is 0 Å². The van der Waals surface area contributed by atoms with E-state index in [2.05, 4.69) is 18.6 Å². The molecule has 2 aliphatic rings. The summed E-state index contributed by atoms with van der Waals surface area (Å²) >= 11 is 0. The molecule has 0 saturated heterocycles. The minimum absolute atomic E-state index is 0.00998. The van der Waals surface area contributed by atoms with E-state index < -0.39 is 30.3 Å². The van der Waals surface area contributed by atoms with Crippen molar-refractivity contribution in [2.24, 2.45) is 17.8 Å². The average molecular weight is 334 g/mol. The molecule has 0 heterocycles. The first-order chi connectivity index (χ1) is 10.0. The number of hydrogen-bond acceptors (Lipinski definition) is 1. The van der Waals surface area contributed by atoms with Crippen molar-refractivity contribution in [3.05, 3.63) is 0 Å². The third-order valence-electron chi connectivity index (χ3n) is 4.70. The fraction of sp³-hybridized carbons (Fsp3) is 1.00. The summed E-state index contributed by atoms with van der Waals surface area (Å²) in [4.78, 5) is 0. The minimum atomic E-state index is -5.44. The van der Waals surface area contributed by atoms with Crippen LogP contribution in [0.4, 0.5) is 26.3 Å². The molecule has 132 valence electrons. The summed E-state index contributed by atoms with van der Waals surface area (Å²) in [6.45, 7) is 4.25. The zero-order chi connectivity index (χ0) is 17.2. The number of ether oxygens (including phenoxy) is 1. The van der Waals surface area contributed by atoms with Crippen LogP contribution in [0.1, 0.15) is 52.4 Å². The summed E-state index contributed by atoms with van der Waals surface area (Å²) in [7, 11) is 0.494. The van der Waals surface area contributed by atoms with E-state index in [1.165, 1.54) is 6.42 Å². The van der Waals surface area contributed by atoms with Gasteiger partial charge in [0.05, 0.1) is 0 Å². The molecule has 0 aliphatic heterocycles. The lowest BCUT2D eigenvalue weighted by atomic mass is 9.79. The number of fused-ring (bicyclic) bond motifs is 2. The Morgan fingerprint density at radius 3 is 1.68 bits per heavy atom. The lowest BCUT2D eigenvalue weighted by Crippen LogP contribution is -2.59. The first-order valence-electron chi connectivity index (χ1n) is 7.71. The molecule has 3 atom stereocenters. The van der Waals surface area contributed by atoms with Gasteiger partial charge in [0.1, 0.15) is 0 Å². The highest BCUT2D eigenvalue weighted by Crippen LogP contribution is 2.56. The molecule has 3 unspecified atom stereocenters. The summed E-state index contributed by atoms with van der Waals surface area (Å²) in [6, 6.07) is 0. The van der Waals surface area contributed by atoms with E-state index in [1.807, 2.05) is 0 Å². The fourth-order valence-corrected chi connectivity index (χ4v) is 3.70. The van der Waals surface area contributed by atoms with Crippen LogP contribution in [0.25, 0.3) is 0 Å². The molecule has 2 aliphatic carbocycles. The van der Waals surface area contributed by atoms with Gasteiger partial charge in [-0.15, -0.1) is 0 Å². The van der Waals surface area contributed by atoms with E-state index in [4.69, 9.17) is 0 Å². The summed E-state index contributed by atoms with van der Waals surface area (Å²) in [6.07, 6.45) is -7.74. The molecule has 2 bridgehead atoms. The Labute approximate surface area is 127 Å². The second kappa shape index (κ2) is 6.97. The maximum absolute atomic E-state index is 12.9. The third kappa shape index (κ3) is 3.71. The van der Waals surface area contributed by atoms with E-state index >= 15 is 0 Å². The Morgan fingerprint density at radius 1 is 0.909 bits per heavy atom. The number of halogens is 6. The molecular formula is C15H24F6O. The topological polar surface area (TPSA) is 9.23 Å². The molecule has 22 heavy (non-hydrogen) atoms. The second-order valence-electron chi connectivity index (χ2n) is 6.37. The maximum Gasteiger partial charge on any atom is 0.426 e. The Kier molecular flexibility index (Phi) is 6.21. The maximum atomic E-state index is 12.9. The second-order valence-corrected chi connectivity index (χ2v) is 6.37. The van der Waals surface area contributed by atoms with Gasteiger partial charge in [-0.25, -0.2) is 0 Å². The Morgan fingerprint density at radius 2 is 1.41 bits per heavy atom. The molecule has 0 spiro atoms. The molecule has 0 aromatic carbocycles. The summed E-state index contributed by atoms with van der Waals surface area (Å²) < 4.78 is 81.5. The standard InChI is InChI=1S/C12H16F6O.C3H8/c1-19-10(11(13,14)15,12(16,17)18)6-9-5-7-2-3-8(9)4-7;1-3-2/h7-9H,2-6H2,1H3;3H2,1-2H3. The number of methoxy groups -OCH3 is 1. The van der Waals surface area contributed by atoms with Crippen LogP contribution in [-0.2, 0) is 4.74 Å². The average Bonchev–Trinajstić information content (AvgIpc) is 2.95. The van der Waals surface area contributed by atoms with Crippen molar-refractivity contribution < 1.29 is 31.1 Å². The van der Waals surface area contributed by atoms with Gasteiger partial charge in [-0.3, -0.25) is 0 Å². The van der Waals surface area contributed by atoms with E-state index in [-0.39, 0.29) is 5.92 Å². The number of hydrogen-bond donors (Lipinski definition) is 0. The van der Waals surface area contributed by atoms with E-state index in [0.29, 0.717) is 19.4 Å². The smallest absolute Gasteiger partial charge is 0.361 e.